The molecule has 0 heterocycles. The number of hydrogen-bond acceptors (Lipinski definition) is 12. The van der Waals surface area contributed by atoms with Crippen LogP contribution in [0.25, 0.3) is 0 Å². The van der Waals surface area contributed by atoms with E-state index in [1.54, 1.807) is 21.1 Å². The molecular weight excluding hydrogens is 1040 g/mol. The number of anilines is 3. The van der Waals surface area contributed by atoms with Crippen LogP contribution in [0.2, 0.25) is 0 Å². The number of rotatable bonds is 30. The largest absolute Gasteiger partial charge is 0.445 e. The molecular formula is C64H79N9O9. The summed E-state index contributed by atoms with van der Waals surface area (Å²) in [5, 5.41) is 8.34. The molecule has 0 aliphatic rings. The van der Waals surface area contributed by atoms with E-state index in [1.165, 1.54) is 14.7 Å². The molecule has 0 aliphatic carbocycles. The summed E-state index contributed by atoms with van der Waals surface area (Å²) in [7, 11) is 4.98. The minimum atomic E-state index is -0.879. The maximum Gasteiger partial charge on any atom is 0.408 e. The van der Waals surface area contributed by atoms with Crippen molar-refractivity contribution in [3.05, 3.63) is 197 Å². The zero-order valence-electron chi connectivity index (χ0n) is 47.3. The van der Waals surface area contributed by atoms with Crippen molar-refractivity contribution in [3.63, 3.8) is 0 Å². The van der Waals surface area contributed by atoms with Crippen LogP contribution in [0.4, 0.5) is 31.4 Å². The molecule has 82 heavy (non-hydrogen) atoms. The highest BCUT2D eigenvalue weighted by Gasteiger charge is 2.29. The first kappa shape index (κ1) is 62.6. The Hall–Kier alpha value is -8.58. The number of hydrogen-bond donors (Lipinski definition) is 6. The van der Waals surface area contributed by atoms with Crippen molar-refractivity contribution in [1.29, 1.82) is 0 Å². The molecule has 0 radical (unpaired) electrons. The van der Waals surface area contributed by atoms with E-state index in [0.717, 1.165) is 33.4 Å². The topological polar surface area (TPSA) is 254 Å². The lowest BCUT2D eigenvalue weighted by Crippen LogP contribution is -2.47. The number of likely N-dealkylation sites (N-methyl/N-ethyl adjacent to an activating group) is 3. The van der Waals surface area contributed by atoms with Gasteiger partial charge in [0, 0.05) is 44.1 Å². The Morgan fingerprint density at radius 2 is 0.610 bits per heavy atom. The molecule has 18 nitrogen and oxygen atoms in total. The van der Waals surface area contributed by atoms with Crippen LogP contribution in [-0.2, 0) is 48.4 Å². The van der Waals surface area contributed by atoms with Crippen LogP contribution >= 0.6 is 0 Å². The van der Waals surface area contributed by atoms with Crippen LogP contribution < -0.4 is 47.9 Å². The fraction of sp³-hybridized carbons (Fsp3) is 0.344. The van der Waals surface area contributed by atoms with Gasteiger partial charge in [0.15, 0.2) is 0 Å². The smallest absolute Gasteiger partial charge is 0.408 e. The minimum absolute atomic E-state index is 0.0485. The van der Waals surface area contributed by atoms with Gasteiger partial charge in [-0.2, -0.15) is 0 Å². The molecule has 6 amide bonds. The third-order valence-corrected chi connectivity index (χ3v) is 14.1. The van der Waals surface area contributed by atoms with E-state index >= 15 is 0 Å². The van der Waals surface area contributed by atoms with Gasteiger partial charge in [-0.25, -0.2) is 14.4 Å². The van der Waals surface area contributed by atoms with Crippen LogP contribution in [0.3, 0.4) is 0 Å². The van der Waals surface area contributed by atoms with Crippen molar-refractivity contribution in [1.82, 2.24) is 16.0 Å². The van der Waals surface area contributed by atoms with Gasteiger partial charge in [0.25, 0.3) is 0 Å². The molecule has 9 N–H and O–H groups in total. The molecule has 6 aromatic rings. The summed E-state index contributed by atoms with van der Waals surface area (Å²) in [5.41, 5.74) is 24.2. The second-order valence-electron chi connectivity index (χ2n) is 20.0. The average Bonchev–Trinajstić information content (AvgIpc) is 3.64. The number of nitrogens with zero attached hydrogens (tertiary/aromatic N) is 3. The van der Waals surface area contributed by atoms with E-state index in [-0.39, 0.29) is 37.5 Å². The van der Waals surface area contributed by atoms with Gasteiger partial charge in [-0.15, -0.1) is 0 Å². The van der Waals surface area contributed by atoms with Crippen molar-refractivity contribution < 1.29 is 43.0 Å². The standard InChI is InChI=1S/C64H79N9O9/c1-71(59(74)55(25-13-16-40-65)68-62(77)80-43-46-19-7-4-8-20-46)52-34-28-49(29-35-52)58(50-30-36-53(37-31-50)72(2)60(75)56(26-14-17-41-66)69-63(78)81-44-47-21-9-5-10-22-47)51-32-38-54(39-33-51)73(3)61(76)57(27-15-18-42-67)70-64(79)82-45-48-23-11-6-12-24-48/h4-12,19-24,28-39,55-58H,13-18,25-27,40-45,65-67H2,1-3H3,(H,68,77)(H,69,78)(H,70,79)/t55-,56-,57-/m1/s1. The minimum Gasteiger partial charge on any atom is -0.445 e. The van der Waals surface area contributed by atoms with Crippen LogP contribution in [0.1, 0.15) is 97.1 Å². The van der Waals surface area contributed by atoms with Crippen LogP contribution in [0.5, 0.6) is 0 Å². The lowest BCUT2D eigenvalue weighted by atomic mass is 9.85. The molecule has 6 rings (SSSR count). The van der Waals surface area contributed by atoms with Gasteiger partial charge in [0.05, 0.1) is 0 Å². The Bertz CT molecular complexity index is 2600. The number of carbonyl (C=O) groups is 6. The maximum absolute atomic E-state index is 14.2. The highest BCUT2D eigenvalue weighted by molar-refractivity contribution is 6.00. The Morgan fingerprint density at radius 3 is 0.841 bits per heavy atom. The molecule has 3 atom stereocenters. The van der Waals surface area contributed by atoms with Crippen molar-refractivity contribution in [2.45, 2.75) is 102 Å². The molecule has 0 aliphatic heterocycles. The molecule has 0 saturated carbocycles. The quantitative estimate of drug-likeness (QED) is 0.0140. The lowest BCUT2D eigenvalue weighted by Gasteiger charge is -2.27. The Kier molecular flexibility index (Phi) is 25.4. The zero-order chi connectivity index (χ0) is 58.6. The Balaban J connectivity index is 1.25. The lowest BCUT2D eigenvalue weighted by molar-refractivity contribution is -0.121. The van der Waals surface area contributed by atoms with E-state index in [1.807, 2.05) is 164 Å². The number of carbonyl (C=O) groups excluding carboxylic acids is 6. The van der Waals surface area contributed by atoms with E-state index in [0.29, 0.717) is 94.5 Å². The summed E-state index contributed by atoms with van der Waals surface area (Å²) in [6, 6.07) is 47.9. The second-order valence-corrected chi connectivity index (χ2v) is 20.0. The molecule has 0 saturated heterocycles. The summed E-state index contributed by atoms with van der Waals surface area (Å²) in [6.07, 6.45) is 2.78. The van der Waals surface area contributed by atoms with Crippen molar-refractivity contribution in [2.75, 3.05) is 55.5 Å². The summed E-state index contributed by atoms with van der Waals surface area (Å²) in [6.45, 7) is 1.47. The Labute approximate surface area is 481 Å². The molecule has 434 valence electrons. The molecule has 18 heteroatoms. The fourth-order valence-electron chi connectivity index (χ4n) is 9.30. The van der Waals surface area contributed by atoms with E-state index in [9.17, 15) is 28.8 Å². The number of nitrogens with one attached hydrogen (secondary N) is 3. The normalized spacial score (nSPS) is 12.0. The monoisotopic (exact) mass is 1120 g/mol. The summed E-state index contributed by atoms with van der Waals surface area (Å²) in [4.78, 5) is 86.2. The zero-order valence-corrected chi connectivity index (χ0v) is 47.3. The number of amides is 6. The van der Waals surface area contributed by atoms with Crippen LogP contribution in [0.15, 0.2) is 164 Å². The number of alkyl carbamates (subject to hydrolysis) is 3. The van der Waals surface area contributed by atoms with Gasteiger partial charge in [-0.1, -0.05) is 127 Å². The van der Waals surface area contributed by atoms with Gasteiger partial charge in [0.1, 0.15) is 37.9 Å². The van der Waals surface area contributed by atoms with Gasteiger partial charge in [-0.3, -0.25) is 14.4 Å². The third-order valence-electron chi connectivity index (χ3n) is 14.1. The first-order valence-electron chi connectivity index (χ1n) is 27.9. The molecule has 0 bridgehead atoms. The van der Waals surface area contributed by atoms with Gasteiger partial charge in [-0.05, 0) is 147 Å². The van der Waals surface area contributed by atoms with E-state index in [4.69, 9.17) is 31.4 Å². The summed E-state index contributed by atoms with van der Waals surface area (Å²) >= 11 is 0. The fourth-order valence-corrected chi connectivity index (χ4v) is 9.30. The van der Waals surface area contributed by atoms with Crippen molar-refractivity contribution in [3.8, 4) is 0 Å². The van der Waals surface area contributed by atoms with Crippen LogP contribution in [-0.4, -0.2) is 94.9 Å². The average molecular weight is 1120 g/mol. The number of ether oxygens (including phenoxy) is 3. The molecule has 0 fully saturated rings. The molecule has 6 aromatic carbocycles. The van der Waals surface area contributed by atoms with Crippen molar-refractivity contribution in [2.24, 2.45) is 17.2 Å². The summed E-state index contributed by atoms with van der Waals surface area (Å²) < 4.78 is 16.5. The highest BCUT2D eigenvalue weighted by Crippen LogP contribution is 2.35. The van der Waals surface area contributed by atoms with E-state index < -0.39 is 42.3 Å². The number of benzene rings is 6. The first-order valence-corrected chi connectivity index (χ1v) is 27.9. The SMILES string of the molecule is CN(C(=O)[C@@H](CCCCN)NC(=O)OCc1ccccc1)c1ccc(C(c2ccc(N(C)C(=O)[C@@H](CCCCN)NC(=O)OCc3ccccc3)cc2)c2ccc(N(C)C(=O)[C@@H](CCCCN)NC(=O)OCc3ccccc3)cc2)cc1. The summed E-state index contributed by atoms with van der Waals surface area (Å²) in [5.74, 6) is -1.39. The predicted octanol–water partition coefficient (Wildman–Crippen LogP) is 9.03. The second kappa shape index (κ2) is 33.2. The van der Waals surface area contributed by atoms with Gasteiger partial charge < -0.3 is 62.1 Å². The van der Waals surface area contributed by atoms with Crippen molar-refractivity contribution >= 4 is 53.1 Å². The number of nitrogens with two attached hydrogens (primary N) is 3. The number of unbranched alkanes of at least 4 members (excludes halogenated alkanes) is 3. The molecule has 0 unspecified atom stereocenters. The third kappa shape index (κ3) is 19.3. The van der Waals surface area contributed by atoms with Crippen LogP contribution in [0, 0.1) is 0 Å². The predicted molar refractivity (Wildman–Crippen MR) is 320 cm³/mol. The maximum atomic E-state index is 14.2. The van der Waals surface area contributed by atoms with E-state index in [2.05, 4.69) is 16.0 Å². The molecule has 0 spiro atoms. The highest BCUT2D eigenvalue weighted by atomic mass is 16.6. The first-order chi connectivity index (χ1) is 39.8. The van der Waals surface area contributed by atoms with Gasteiger partial charge in [0.2, 0.25) is 17.7 Å². The van der Waals surface area contributed by atoms with Gasteiger partial charge >= 0.3 is 18.3 Å². The Morgan fingerprint density at radius 1 is 0.366 bits per heavy atom. The molecule has 0 aromatic heterocycles.